The molecule has 0 aliphatic rings. The maximum absolute atomic E-state index is 12.0. The molecule has 26 heavy (non-hydrogen) atoms. The highest BCUT2D eigenvalue weighted by molar-refractivity contribution is 5.91. The number of carbonyl (C=O) groups excluding carboxylic acids is 1. The summed E-state index contributed by atoms with van der Waals surface area (Å²) in [5.41, 5.74) is 7.17. The molecule has 0 fully saturated rings. The van der Waals surface area contributed by atoms with Crippen LogP contribution in [0.15, 0.2) is 66.7 Å². The Balaban J connectivity index is 1.63. The summed E-state index contributed by atoms with van der Waals surface area (Å²) in [6, 6.07) is 19.6. The van der Waals surface area contributed by atoms with Crippen LogP contribution in [0.25, 0.3) is 11.8 Å². The number of para-hydroxylation sites is 1. The summed E-state index contributed by atoms with van der Waals surface area (Å²) < 4.78 is 1.87. The lowest BCUT2D eigenvalue weighted by Gasteiger charge is -2.04. The molecule has 5 heteroatoms. The summed E-state index contributed by atoms with van der Waals surface area (Å²) in [6.45, 7) is 4.23. The van der Waals surface area contributed by atoms with Gasteiger partial charge in [0.05, 0.1) is 18.0 Å². The number of rotatable bonds is 6. The van der Waals surface area contributed by atoms with Gasteiger partial charge in [0, 0.05) is 17.3 Å². The Kier molecular flexibility index (Phi) is 5.61. The smallest absolute Gasteiger partial charge is 0.267 e. The molecule has 3 aromatic rings. The van der Waals surface area contributed by atoms with E-state index in [4.69, 9.17) is 4.84 Å². The van der Waals surface area contributed by atoms with Gasteiger partial charge >= 0.3 is 0 Å². The van der Waals surface area contributed by atoms with Crippen molar-refractivity contribution in [3.63, 3.8) is 0 Å². The normalized spacial score (nSPS) is 11.0. The Morgan fingerprint density at radius 2 is 1.73 bits per heavy atom. The van der Waals surface area contributed by atoms with Crippen LogP contribution < -0.4 is 5.48 Å². The molecule has 1 heterocycles. The van der Waals surface area contributed by atoms with E-state index in [2.05, 4.69) is 10.6 Å². The molecule has 0 saturated heterocycles. The molecule has 0 aliphatic heterocycles. The highest BCUT2D eigenvalue weighted by atomic mass is 16.6. The third kappa shape index (κ3) is 4.26. The van der Waals surface area contributed by atoms with Crippen LogP contribution in [0.5, 0.6) is 0 Å². The van der Waals surface area contributed by atoms with E-state index in [1.807, 2.05) is 79.2 Å². The van der Waals surface area contributed by atoms with Crippen molar-refractivity contribution in [2.75, 3.05) is 0 Å². The Bertz CT molecular complexity index is 900. The van der Waals surface area contributed by atoms with Crippen LogP contribution in [-0.2, 0) is 16.2 Å². The van der Waals surface area contributed by atoms with Crippen LogP contribution in [0.2, 0.25) is 0 Å². The molecule has 5 nitrogen and oxygen atoms in total. The molecule has 1 aromatic heterocycles. The molecule has 0 spiro atoms. The first-order valence-electron chi connectivity index (χ1n) is 8.40. The van der Waals surface area contributed by atoms with Crippen LogP contribution in [-0.4, -0.2) is 15.7 Å². The Morgan fingerprint density at radius 1 is 1.08 bits per heavy atom. The van der Waals surface area contributed by atoms with Crippen LogP contribution in [0.1, 0.15) is 22.5 Å². The van der Waals surface area contributed by atoms with Gasteiger partial charge in [-0.25, -0.2) is 10.2 Å². The molecular formula is C21H21N3O2. The van der Waals surface area contributed by atoms with Gasteiger partial charge in [-0.15, -0.1) is 0 Å². The number of benzene rings is 2. The minimum Gasteiger partial charge on any atom is -0.269 e. The number of nitrogens with one attached hydrogen (secondary N) is 1. The zero-order valence-corrected chi connectivity index (χ0v) is 14.8. The maximum atomic E-state index is 12.0. The number of aromatic nitrogens is 2. The van der Waals surface area contributed by atoms with E-state index in [-0.39, 0.29) is 5.91 Å². The topological polar surface area (TPSA) is 56.2 Å². The van der Waals surface area contributed by atoms with Gasteiger partial charge in [0.1, 0.15) is 0 Å². The van der Waals surface area contributed by atoms with E-state index in [0.29, 0.717) is 6.61 Å². The summed E-state index contributed by atoms with van der Waals surface area (Å²) in [6.07, 6.45) is 3.22. The standard InChI is InChI=1S/C21H21N3O2/c1-16-20(17(2)24(22-16)19-11-7-4-8-12-19)13-14-21(25)23-26-15-18-9-5-3-6-10-18/h3-14H,15H2,1-2H3,(H,23,25). The first-order valence-corrected chi connectivity index (χ1v) is 8.40. The number of nitrogens with zero attached hydrogens (tertiary/aromatic N) is 2. The second-order valence-corrected chi connectivity index (χ2v) is 5.91. The van der Waals surface area contributed by atoms with E-state index in [9.17, 15) is 4.79 Å². The van der Waals surface area contributed by atoms with Gasteiger partial charge < -0.3 is 0 Å². The summed E-state index contributed by atoms with van der Waals surface area (Å²) in [4.78, 5) is 17.2. The van der Waals surface area contributed by atoms with Crippen LogP contribution >= 0.6 is 0 Å². The predicted molar refractivity (Wildman–Crippen MR) is 101 cm³/mol. The number of hydroxylamine groups is 1. The highest BCUT2D eigenvalue weighted by Crippen LogP contribution is 2.19. The lowest BCUT2D eigenvalue weighted by molar-refractivity contribution is -0.129. The molecule has 0 unspecified atom stereocenters. The van der Waals surface area contributed by atoms with Gasteiger partial charge in [-0.05, 0) is 37.6 Å². The van der Waals surface area contributed by atoms with Crippen molar-refractivity contribution < 1.29 is 9.63 Å². The lowest BCUT2D eigenvalue weighted by atomic mass is 10.2. The molecular weight excluding hydrogens is 326 g/mol. The number of hydrogen-bond donors (Lipinski definition) is 1. The third-order valence-electron chi connectivity index (χ3n) is 4.00. The van der Waals surface area contributed by atoms with Gasteiger partial charge in [0.15, 0.2) is 0 Å². The number of hydrogen-bond acceptors (Lipinski definition) is 3. The van der Waals surface area contributed by atoms with Crippen molar-refractivity contribution in [3.05, 3.63) is 89.3 Å². The number of amides is 1. The Labute approximate surface area is 152 Å². The molecule has 1 N–H and O–H groups in total. The van der Waals surface area contributed by atoms with E-state index >= 15 is 0 Å². The van der Waals surface area contributed by atoms with E-state index < -0.39 is 0 Å². The molecule has 0 radical (unpaired) electrons. The lowest BCUT2D eigenvalue weighted by Crippen LogP contribution is -2.21. The van der Waals surface area contributed by atoms with E-state index in [1.54, 1.807) is 6.08 Å². The molecule has 0 saturated carbocycles. The van der Waals surface area contributed by atoms with E-state index in [0.717, 1.165) is 28.2 Å². The third-order valence-corrected chi connectivity index (χ3v) is 4.00. The number of carbonyl (C=O) groups is 1. The van der Waals surface area contributed by atoms with Gasteiger partial charge in [0.2, 0.25) is 0 Å². The largest absolute Gasteiger partial charge is 0.269 e. The number of aryl methyl sites for hydroxylation is 1. The molecule has 0 bridgehead atoms. The summed E-state index contributed by atoms with van der Waals surface area (Å²) in [5, 5.41) is 4.56. The van der Waals surface area contributed by atoms with Crippen LogP contribution in [0, 0.1) is 13.8 Å². The average molecular weight is 347 g/mol. The minimum absolute atomic E-state index is 0.313. The first kappa shape index (κ1) is 17.6. The van der Waals surface area contributed by atoms with Gasteiger partial charge in [0.25, 0.3) is 5.91 Å². The Morgan fingerprint density at radius 3 is 2.42 bits per heavy atom. The van der Waals surface area contributed by atoms with Gasteiger partial charge in [-0.2, -0.15) is 5.10 Å². The molecule has 3 rings (SSSR count). The highest BCUT2D eigenvalue weighted by Gasteiger charge is 2.10. The summed E-state index contributed by atoms with van der Waals surface area (Å²) in [5.74, 6) is -0.313. The van der Waals surface area contributed by atoms with Crippen molar-refractivity contribution >= 4 is 12.0 Å². The summed E-state index contributed by atoms with van der Waals surface area (Å²) in [7, 11) is 0. The van der Waals surface area contributed by atoms with Crippen molar-refractivity contribution in [2.24, 2.45) is 0 Å². The fraction of sp³-hybridized carbons (Fsp3) is 0.143. The van der Waals surface area contributed by atoms with Gasteiger partial charge in [-0.1, -0.05) is 48.5 Å². The minimum atomic E-state index is -0.313. The van der Waals surface area contributed by atoms with Crippen molar-refractivity contribution in [3.8, 4) is 5.69 Å². The second-order valence-electron chi connectivity index (χ2n) is 5.91. The zero-order valence-electron chi connectivity index (χ0n) is 14.8. The molecule has 1 amide bonds. The van der Waals surface area contributed by atoms with Crippen molar-refractivity contribution in [1.82, 2.24) is 15.3 Å². The maximum Gasteiger partial charge on any atom is 0.267 e. The van der Waals surface area contributed by atoms with Crippen molar-refractivity contribution in [1.29, 1.82) is 0 Å². The molecule has 132 valence electrons. The monoisotopic (exact) mass is 347 g/mol. The van der Waals surface area contributed by atoms with Crippen LogP contribution in [0.3, 0.4) is 0 Å². The molecule has 0 atom stereocenters. The Hall–Kier alpha value is -3.18. The quantitative estimate of drug-likeness (QED) is 0.546. The fourth-order valence-electron chi connectivity index (χ4n) is 2.67. The van der Waals surface area contributed by atoms with Crippen LogP contribution in [0.4, 0.5) is 0 Å². The van der Waals surface area contributed by atoms with Crippen molar-refractivity contribution in [2.45, 2.75) is 20.5 Å². The molecule has 2 aromatic carbocycles. The van der Waals surface area contributed by atoms with Gasteiger partial charge in [-0.3, -0.25) is 9.63 Å². The first-order chi connectivity index (χ1) is 12.6. The zero-order chi connectivity index (χ0) is 18.4. The average Bonchev–Trinajstić information content (AvgIpc) is 2.95. The van der Waals surface area contributed by atoms with E-state index in [1.165, 1.54) is 6.08 Å². The molecule has 0 aliphatic carbocycles. The summed E-state index contributed by atoms with van der Waals surface area (Å²) >= 11 is 0. The fourth-order valence-corrected chi connectivity index (χ4v) is 2.67. The predicted octanol–water partition coefficient (Wildman–Crippen LogP) is 3.75. The SMILES string of the molecule is Cc1nn(-c2ccccc2)c(C)c1C=CC(=O)NOCc1ccccc1. The second kappa shape index (κ2) is 8.27.